The molecule has 2 aliphatic heterocycles. The third-order valence-corrected chi connectivity index (χ3v) is 4.84. The van der Waals surface area contributed by atoms with Gasteiger partial charge in [0.05, 0.1) is 12.5 Å². The summed E-state index contributed by atoms with van der Waals surface area (Å²) in [6.45, 7) is 6.71. The predicted molar refractivity (Wildman–Crippen MR) is 88.7 cm³/mol. The molecule has 126 valence electrons. The highest BCUT2D eigenvalue weighted by molar-refractivity contribution is 5.79. The van der Waals surface area contributed by atoms with Gasteiger partial charge in [-0.3, -0.25) is 4.79 Å². The maximum absolute atomic E-state index is 12.9. The van der Waals surface area contributed by atoms with Gasteiger partial charge in [0.15, 0.2) is 5.82 Å². The van der Waals surface area contributed by atoms with Crippen LogP contribution in [0.3, 0.4) is 0 Å². The lowest BCUT2D eigenvalue weighted by Crippen LogP contribution is -2.44. The molecule has 6 nitrogen and oxygen atoms in total. The Kier molecular flexibility index (Phi) is 3.75. The Balaban J connectivity index is 1.48. The lowest BCUT2D eigenvalue weighted by atomic mass is 9.95. The number of amides is 1. The van der Waals surface area contributed by atoms with E-state index in [0.29, 0.717) is 25.6 Å². The van der Waals surface area contributed by atoms with Gasteiger partial charge in [0.1, 0.15) is 18.2 Å². The van der Waals surface area contributed by atoms with E-state index >= 15 is 0 Å². The highest BCUT2D eigenvalue weighted by Crippen LogP contribution is 2.28. The zero-order valence-corrected chi connectivity index (χ0v) is 14.1. The number of carbonyl (C=O) groups is 1. The van der Waals surface area contributed by atoms with Crippen LogP contribution in [-0.2, 0) is 24.3 Å². The number of carbonyl (C=O) groups excluding carboxylic acids is 1. The number of hydrogen-bond donors (Lipinski definition) is 0. The molecule has 0 fully saturated rings. The van der Waals surface area contributed by atoms with Gasteiger partial charge in [-0.2, -0.15) is 0 Å². The van der Waals surface area contributed by atoms with Crippen molar-refractivity contribution in [3.8, 4) is 5.75 Å². The van der Waals surface area contributed by atoms with Gasteiger partial charge in [-0.05, 0) is 18.1 Å². The van der Waals surface area contributed by atoms with Gasteiger partial charge >= 0.3 is 0 Å². The Morgan fingerprint density at radius 1 is 1.25 bits per heavy atom. The number of ether oxygens (including phenoxy) is 1. The van der Waals surface area contributed by atoms with Crippen LogP contribution in [0.1, 0.15) is 37.0 Å². The number of aromatic nitrogens is 3. The molecule has 0 bridgehead atoms. The van der Waals surface area contributed by atoms with Crippen molar-refractivity contribution in [3.63, 3.8) is 0 Å². The third-order valence-electron chi connectivity index (χ3n) is 4.84. The van der Waals surface area contributed by atoms with Crippen molar-refractivity contribution >= 4 is 5.91 Å². The zero-order valence-electron chi connectivity index (χ0n) is 14.1. The molecule has 3 heterocycles. The summed E-state index contributed by atoms with van der Waals surface area (Å²) < 4.78 is 7.93. The summed E-state index contributed by atoms with van der Waals surface area (Å²) in [5.74, 6) is 3.18. The van der Waals surface area contributed by atoms with Crippen LogP contribution in [0, 0.1) is 5.92 Å². The zero-order chi connectivity index (χ0) is 16.7. The Hall–Kier alpha value is -2.37. The summed E-state index contributed by atoms with van der Waals surface area (Å²) in [6.07, 6.45) is 0.745. The lowest BCUT2D eigenvalue weighted by molar-refractivity contribution is -0.138. The van der Waals surface area contributed by atoms with Crippen LogP contribution in [0.2, 0.25) is 0 Å². The second-order valence-corrected chi connectivity index (χ2v) is 6.86. The number of benzene rings is 1. The van der Waals surface area contributed by atoms with E-state index < -0.39 is 0 Å². The normalized spacial score (nSPS) is 19.6. The van der Waals surface area contributed by atoms with E-state index in [4.69, 9.17) is 4.74 Å². The highest BCUT2D eigenvalue weighted by atomic mass is 16.5. The van der Waals surface area contributed by atoms with Crippen molar-refractivity contribution in [2.24, 2.45) is 5.92 Å². The molecule has 0 radical (unpaired) electrons. The van der Waals surface area contributed by atoms with Gasteiger partial charge in [0, 0.05) is 19.0 Å². The fourth-order valence-corrected chi connectivity index (χ4v) is 3.54. The van der Waals surface area contributed by atoms with Gasteiger partial charge < -0.3 is 14.2 Å². The van der Waals surface area contributed by atoms with E-state index in [9.17, 15) is 4.79 Å². The topological polar surface area (TPSA) is 60.2 Å². The fourth-order valence-electron chi connectivity index (χ4n) is 3.54. The standard InChI is InChI=1S/C18H22N4O2/c1-12(2)17-20-19-16-10-21(7-8-22(16)17)18(23)14-9-13-5-3-4-6-15(13)24-11-14/h3-6,12,14H,7-11H2,1-2H3/t14-/m1/s1. The van der Waals surface area contributed by atoms with Gasteiger partial charge in [-0.25, -0.2) is 0 Å². The first-order valence-electron chi connectivity index (χ1n) is 8.55. The average molecular weight is 326 g/mol. The maximum Gasteiger partial charge on any atom is 0.229 e. The molecule has 1 aromatic carbocycles. The minimum atomic E-state index is -0.112. The monoisotopic (exact) mass is 326 g/mol. The van der Waals surface area contributed by atoms with Gasteiger partial charge in [0.25, 0.3) is 0 Å². The Bertz CT molecular complexity index is 768. The van der Waals surface area contributed by atoms with Crippen LogP contribution >= 0.6 is 0 Å². The molecule has 1 amide bonds. The van der Waals surface area contributed by atoms with Crippen molar-refractivity contribution in [1.29, 1.82) is 0 Å². The Morgan fingerprint density at radius 3 is 2.92 bits per heavy atom. The number of para-hydroxylation sites is 1. The quantitative estimate of drug-likeness (QED) is 0.847. The summed E-state index contributed by atoms with van der Waals surface area (Å²) in [6, 6.07) is 7.96. The molecule has 4 rings (SSSR count). The first-order chi connectivity index (χ1) is 11.6. The van der Waals surface area contributed by atoms with Crippen molar-refractivity contribution in [2.75, 3.05) is 13.2 Å². The van der Waals surface area contributed by atoms with Crippen molar-refractivity contribution in [2.45, 2.75) is 39.3 Å². The Labute approximate surface area is 141 Å². The summed E-state index contributed by atoms with van der Waals surface area (Å²) in [5, 5.41) is 8.56. The molecule has 0 N–H and O–H groups in total. The van der Waals surface area contributed by atoms with Crippen molar-refractivity contribution in [3.05, 3.63) is 41.5 Å². The molecule has 0 spiro atoms. The molecule has 24 heavy (non-hydrogen) atoms. The van der Waals surface area contributed by atoms with Crippen LogP contribution in [-0.4, -0.2) is 38.7 Å². The highest BCUT2D eigenvalue weighted by Gasteiger charge is 2.32. The van der Waals surface area contributed by atoms with E-state index in [0.717, 1.165) is 35.9 Å². The second kappa shape index (κ2) is 5.92. The van der Waals surface area contributed by atoms with E-state index in [1.807, 2.05) is 29.2 Å². The molecule has 0 aliphatic carbocycles. The largest absolute Gasteiger partial charge is 0.492 e. The van der Waals surface area contributed by atoms with Crippen LogP contribution in [0.4, 0.5) is 0 Å². The molecule has 1 atom stereocenters. The summed E-state index contributed by atoms with van der Waals surface area (Å²) in [4.78, 5) is 14.8. The summed E-state index contributed by atoms with van der Waals surface area (Å²) >= 11 is 0. The first kappa shape index (κ1) is 15.2. The van der Waals surface area contributed by atoms with Crippen molar-refractivity contribution < 1.29 is 9.53 Å². The third kappa shape index (κ3) is 2.56. The molecule has 2 aliphatic rings. The first-order valence-corrected chi connectivity index (χ1v) is 8.55. The van der Waals surface area contributed by atoms with Crippen LogP contribution in [0.25, 0.3) is 0 Å². The van der Waals surface area contributed by atoms with E-state index in [1.165, 1.54) is 0 Å². The lowest BCUT2D eigenvalue weighted by Gasteiger charge is -2.33. The van der Waals surface area contributed by atoms with Crippen LogP contribution in [0.15, 0.2) is 24.3 Å². The van der Waals surface area contributed by atoms with Crippen molar-refractivity contribution in [1.82, 2.24) is 19.7 Å². The average Bonchev–Trinajstić information content (AvgIpc) is 3.04. The summed E-state index contributed by atoms with van der Waals surface area (Å²) in [5.41, 5.74) is 1.12. The number of fused-ring (bicyclic) bond motifs is 2. The molecule has 1 aromatic heterocycles. The molecule has 2 aromatic rings. The van der Waals surface area contributed by atoms with Crippen LogP contribution in [0.5, 0.6) is 5.75 Å². The molecular formula is C18H22N4O2. The Morgan fingerprint density at radius 2 is 2.08 bits per heavy atom. The van der Waals surface area contributed by atoms with Crippen LogP contribution < -0.4 is 4.74 Å². The SMILES string of the molecule is CC(C)c1nnc2n1CCN(C(=O)[C@H]1COc3ccccc3C1)C2. The van der Waals surface area contributed by atoms with E-state index in [2.05, 4.69) is 28.6 Å². The second-order valence-electron chi connectivity index (χ2n) is 6.86. The van der Waals surface area contributed by atoms with E-state index in [1.54, 1.807) is 0 Å². The minimum Gasteiger partial charge on any atom is -0.492 e. The predicted octanol–water partition coefficient (Wildman–Crippen LogP) is 2.00. The molecule has 0 saturated heterocycles. The molecule has 6 heteroatoms. The number of hydrogen-bond acceptors (Lipinski definition) is 4. The molecule has 0 unspecified atom stereocenters. The van der Waals surface area contributed by atoms with Gasteiger partial charge in [0.2, 0.25) is 5.91 Å². The number of rotatable bonds is 2. The minimum absolute atomic E-state index is 0.112. The van der Waals surface area contributed by atoms with E-state index in [-0.39, 0.29) is 11.8 Å². The number of nitrogens with zero attached hydrogens (tertiary/aromatic N) is 4. The molecule has 0 saturated carbocycles. The summed E-state index contributed by atoms with van der Waals surface area (Å²) in [7, 11) is 0. The van der Waals surface area contributed by atoms with Gasteiger partial charge in [-0.15, -0.1) is 10.2 Å². The fraction of sp³-hybridized carbons (Fsp3) is 0.500. The maximum atomic E-state index is 12.9. The van der Waals surface area contributed by atoms with Gasteiger partial charge in [-0.1, -0.05) is 32.0 Å². The molecular weight excluding hydrogens is 304 g/mol. The smallest absolute Gasteiger partial charge is 0.229 e.